The second-order valence-corrected chi connectivity index (χ2v) is 6.93. The maximum absolute atomic E-state index is 12.8. The highest BCUT2D eigenvalue weighted by molar-refractivity contribution is 6.02. The summed E-state index contributed by atoms with van der Waals surface area (Å²) in [7, 11) is 0. The van der Waals surface area contributed by atoms with Gasteiger partial charge in [-0.2, -0.15) is 0 Å². The molecule has 0 amide bonds. The van der Waals surface area contributed by atoms with Gasteiger partial charge in [-0.15, -0.1) is 0 Å². The number of para-hydroxylation sites is 2. The van der Waals surface area contributed by atoms with Gasteiger partial charge in [0.1, 0.15) is 11.7 Å². The van der Waals surface area contributed by atoms with Gasteiger partial charge in [0, 0.05) is 45.3 Å². The fraction of sp³-hybridized carbons (Fsp3) is 0.0909. The van der Waals surface area contributed by atoms with Crippen LogP contribution in [0.25, 0.3) is 44.4 Å². The molecule has 5 rings (SSSR count). The van der Waals surface area contributed by atoms with Gasteiger partial charge in [0.15, 0.2) is 5.76 Å². The van der Waals surface area contributed by atoms with Crippen molar-refractivity contribution in [3.63, 3.8) is 0 Å². The second kappa shape index (κ2) is 6.27. The number of aliphatic carboxylic acids is 1. The van der Waals surface area contributed by atoms with E-state index in [1.165, 1.54) is 11.5 Å². The van der Waals surface area contributed by atoms with E-state index in [4.69, 9.17) is 4.42 Å². The first-order valence-corrected chi connectivity index (χ1v) is 9.17. The average molecular weight is 387 g/mol. The van der Waals surface area contributed by atoms with Gasteiger partial charge in [-0.05, 0) is 19.1 Å². The van der Waals surface area contributed by atoms with E-state index in [1.807, 2.05) is 48.5 Å². The molecule has 3 N–H and O–H groups in total. The summed E-state index contributed by atoms with van der Waals surface area (Å²) < 4.78 is 6.86. The Morgan fingerprint density at radius 2 is 1.52 bits per heavy atom. The van der Waals surface area contributed by atoms with Gasteiger partial charge >= 0.3 is 11.7 Å². The van der Waals surface area contributed by atoms with Crippen molar-refractivity contribution in [3.8, 4) is 22.6 Å². The number of aromatic nitrogens is 3. The zero-order valence-corrected chi connectivity index (χ0v) is 15.5. The van der Waals surface area contributed by atoms with Crippen molar-refractivity contribution in [2.75, 3.05) is 0 Å². The number of hydrogen-bond donors (Lipinski definition) is 3. The summed E-state index contributed by atoms with van der Waals surface area (Å²) in [6.07, 6.45) is 3.55. The number of rotatable bonds is 4. The van der Waals surface area contributed by atoms with E-state index in [1.54, 1.807) is 12.4 Å². The molecule has 144 valence electrons. The van der Waals surface area contributed by atoms with Crippen LogP contribution in [0.15, 0.2) is 70.1 Å². The lowest BCUT2D eigenvalue weighted by molar-refractivity contribution is -0.140. The van der Waals surface area contributed by atoms with Gasteiger partial charge in [0.2, 0.25) is 0 Å². The fourth-order valence-electron chi connectivity index (χ4n) is 3.81. The van der Waals surface area contributed by atoms with Crippen LogP contribution >= 0.6 is 0 Å². The molecule has 0 fully saturated rings. The molecule has 0 aliphatic heterocycles. The van der Waals surface area contributed by atoms with Crippen molar-refractivity contribution >= 4 is 27.8 Å². The van der Waals surface area contributed by atoms with Crippen LogP contribution in [0.1, 0.15) is 13.0 Å². The summed E-state index contributed by atoms with van der Waals surface area (Å²) in [5.74, 6) is -1.48. The van der Waals surface area contributed by atoms with Gasteiger partial charge in [-0.3, -0.25) is 4.57 Å². The molecule has 3 heterocycles. The molecule has 0 aliphatic carbocycles. The van der Waals surface area contributed by atoms with Crippen LogP contribution in [0.5, 0.6) is 0 Å². The average Bonchev–Trinajstić information content (AvgIpc) is 3.41. The van der Waals surface area contributed by atoms with Crippen LogP contribution in [0.2, 0.25) is 0 Å². The summed E-state index contributed by atoms with van der Waals surface area (Å²) >= 11 is 0. The second-order valence-electron chi connectivity index (χ2n) is 6.93. The smallest absolute Gasteiger partial charge is 0.420 e. The number of carbonyl (C=O) groups is 1. The van der Waals surface area contributed by atoms with Crippen LogP contribution in [-0.2, 0) is 4.79 Å². The van der Waals surface area contributed by atoms with Crippen molar-refractivity contribution in [1.29, 1.82) is 0 Å². The standard InChI is InChI=1S/C22H17N3O4/c1-12(21(26)27)25-19(15-10-23-17-8-4-2-6-13(15)17)20(29-22(25)28)16-11-24-18-9-5-3-7-14(16)18/h2-12,23-24H,1H3,(H,26,27)/t12-/m1/s1. The van der Waals surface area contributed by atoms with E-state index < -0.39 is 17.8 Å². The lowest BCUT2D eigenvalue weighted by Crippen LogP contribution is -2.25. The monoisotopic (exact) mass is 387 g/mol. The summed E-state index contributed by atoms with van der Waals surface area (Å²) in [5.41, 5.74) is 3.63. The van der Waals surface area contributed by atoms with Crippen molar-refractivity contribution in [2.45, 2.75) is 13.0 Å². The Kier molecular flexibility index (Phi) is 3.70. The molecule has 0 saturated carbocycles. The van der Waals surface area contributed by atoms with Crippen LogP contribution in [0.4, 0.5) is 0 Å². The number of carboxylic acid groups (broad SMARTS) is 1. The number of carboxylic acids is 1. The molecule has 7 heteroatoms. The maximum Gasteiger partial charge on any atom is 0.420 e. The van der Waals surface area contributed by atoms with Crippen molar-refractivity contribution in [1.82, 2.24) is 14.5 Å². The minimum atomic E-state index is -1.11. The van der Waals surface area contributed by atoms with Gasteiger partial charge in [0.05, 0.1) is 0 Å². The molecule has 0 spiro atoms. The first kappa shape index (κ1) is 17.1. The normalized spacial score (nSPS) is 12.6. The molecular formula is C22H17N3O4. The van der Waals surface area contributed by atoms with Crippen LogP contribution in [-0.4, -0.2) is 25.6 Å². The number of H-pyrrole nitrogens is 2. The highest BCUT2D eigenvalue weighted by atomic mass is 16.4. The van der Waals surface area contributed by atoms with E-state index in [2.05, 4.69) is 9.97 Å². The van der Waals surface area contributed by atoms with Crippen LogP contribution in [0, 0.1) is 0 Å². The molecule has 0 aliphatic rings. The van der Waals surface area contributed by atoms with Crippen molar-refractivity contribution < 1.29 is 14.3 Å². The highest BCUT2D eigenvalue weighted by Crippen LogP contribution is 2.39. The number of oxazole rings is 1. The number of aromatic amines is 2. The summed E-state index contributed by atoms with van der Waals surface area (Å²) in [5, 5.41) is 11.4. The van der Waals surface area contributed by atoms with Crippen LogP contribution in [0.3, 0.4) is 0 Å². The number of hydrogen-bond acceptors (Lipinski definition) is 3. The third-order valence-corrected chi connectivity index (χ3v) is 5.26. The first-order valence-electron chi connectivity index (χ1n) is 9.17. The number of nitrogens with zero attached hydrogens (tertiary/aromatic N) is 1. The summed E-state index contributed by atoms with van der Waals surface area (Å²) in [6, 6.07) is 14.2. The quantitative estimate of drug-likeness (QED) is 0.425. The molecule has 1 atom stereocenters. The van der Waals surface area contributed by atoms with E-state index in [9.17, 15) is 14.7 Å². The molecule has 0 bridgehead atoms. The largest absolute Gasteiger partial charge is 0.480 e. The first-order chi connectivity index (χ1) is 14.1. The van der Waals surface area contributed by atoms with Gasteiger partial charge < -0.3 is 19.5 Å². The van der Waals surface area contributed by atoms with Gasteiger partial charge in [0.25, 0.3) is 0 Å². The topological polar surface area (TPSA) is 104 Å². The maximum atomic E-state index is 12.8. The molecule has 0 radical (unpaired) electrons. The number of benzene rings is 2. The molecular weight excluding hydrogens is 370 g/mol. The molecule has 7 nitrogen and oxygen atoms in total. The Bertz CT molecular complexity index is 1430. The zero-order valence-electron chi connectivity index (χ0n) is 15.5. The van der Waals surface area contributed by atoms with E-state index in [0.29, 0.717) is 22.6 Å². The number of nitrogens with one attached hydrogen (secondary N) is 2. The summed E-state index contributed by atoms with van der Waals surface area (Å²) in [4.78, 5) is 30.9. The molecule has 29 heavy (non-hydrogen) atoms. The molecule has 2 aromatic carbocycles. The minimum absolute atomic E-state index is 0.338. The number of fused-ring (bicyclic) bond motifs is 2. The van der Waals surface area contributed by atoms with Gasteiger partial charge in [-0.25, -0.2) is 9.59 Å². The fourth-order valence-corrected chi connectivity index (χ4v) is 3.81. The predicted molar refractivity (Wildman–Crippen MR) is 110 cm³/mol. The Labute approximate surface area is 164 Å². The Hall–Kier alpha value is -4.00. The van der Waals surface area contributed by atoms with E-state index in [0.717, 1.165) is 21.8 Å². The Morgan fingerprint density at radius 1 is 0.966 bits per heavy atom. The third-order valence-electron chi connectivity index (χ3n) is 5.26. The molecule has 0 saturated heterocycles. The lowest BCUT2D eigenvalue weighted by Gasteiger charge is -2.11. The van der Waals surface area contributed by atoms with E-state index >= 15 is 0 Å². The summed E-state index contributed by atoms with van der Waals surface area (Å²) in [6.45, 7) is 1.47. The van der Waals surface area contributed by atoms with Gasteiger partial charge in [-0.1, -0.05) is 36.4 Å². The Morgan fingerprint density at radius 3 is 2.14 bits per heavy atom. The van der Waals surface area contributed by atoms with Crippen molar-refractivity contribution in [3.05, 3.63) is 71.5 Å². The van der Waals surface area contributed by atoms with Crippen molar-refractivity contribution in [2.24, 2.45) is 0 Å². The minimum Gasteiger partial charge on any atom is -0.480 e. The predicted octanol–water partition coefficient (Wildman–Crippen LogP) is 4.38. The van der Waals surface area contributed by atoms with Crippen LogP contribution < -0.4 is 5.76 Å². The highest BCUT2D eigenvalue weighted by Gasteiger charge is 2.29. The lowest BCUT2D eigenvalue weighted by atomic mass is 10.0. The molecule has 5 aromatic rings. The molecule has 3 aromatic heterocycles. The SMILES string of the molecule is C[C@H](C(=O)O)n1c(-c2c[nH]c3ccccc23)c(-c2c[nH]c3ccccc23)oc1=O. The third kappa shape index (κ3) is 2.51. The molecule has 0 unspecified atom stereocenters. The Balaban J connectivity index is 1.89. The zero-order chi connectivity index (χ0) is 20.1. The van der Waals surface area contributed by atoms with E-state index in [-0.39, 0.29) is 0 Å².